The quantitative estimate of drug-likeness (QED) is 0.768. The number of furan rings is 1. The van der Waals surface area contributed by atoms with Crippen molar-refractivity contribution in [3.63, 3.8) is 0 Å². The van der Waals surface area contributed by atoms with Gasteiger partial charge in [-0.3, -0.25) is 4.79 Å². The zero-order chi connectivity index (χ0) is 17.1. The van der Waals surface area contributed by atoms with Gasteiger partial charge in [0, 0.05) is 25.5 Å². The highest BCUT2D eigenvalue weighted by molar-refractivity contribution is 6.03. The van der Waals surface area contributed by atoms with Crippen LogP contribution in [0.2, 0.25) is 0 Å². The van der Waals surface area contributed by atoms with Gasteiger partial charge < -0.3 is 19.6 Å². The van der Waals surface area contributed by atoms with Crippen LogP contribution in [0.4, 0.5) is 11.4 Å². The molecule has 0 aliphatic rings. The maximum atomic E-state index is 12.3. The molecule has 2 heterocycles. The minimum Gasteiger partial charge on any atom is -0.463 e. The lowest BCUT2D eigenvalue weighted by Crippen LogP contribution is -2.21. The fourth-order valence-electron chi connectivity index (χ4n) is 2.18. The molecule has 0 spiro atoms. The first-order valence-corrected chi connectivity index (χ1v) is 7.27. The number of hydrogen-bond donors (Lipinski definition) is 2. The fraction of sp³-hybridized carbons (Fsp3) is 0.118. The Labute approximate surface area is 138 Å². The number of aromatic nitrogens is 2. The highest BCUT2D eigenvalue weighted by atomic mass is 16.3. The number of nitrogens with one attached hydrogen (secondary N) is 2. The number of nitrogens with zero attached hydrogens (tertiary/aromatic N) is 2. The molecular weight excluding hydrogens is 308 g/mol. The van der Waals surface area contributed by atoms with E-state index in [2.05, 4.69) is 15.3 Å². The summed E-state index contributed by atoms with van der Waals surface area (Å²) in [6, 6.07) is 12.2. The summed E-state index contributed by atoms with van der Waals surface area (Å²) in [7, 11) is 3.87. The molecule has 2 N–H and O–H groups in total. The molecule has 2 aromatic heterocycles. The fourth-order valence-corrected chi connectivity index (χ4v) is 2.18. The van der Waals surface area contributed by atoms with Crippen molar-refractivity contribution in [1.29, 1.82) is 0 Å². The first kappa shape index (κ1) is 15.5. The molecule has 3 aromatic rings. The van der Waals surface area contributed by atoms with Crippen molar-refractivity contribution in [2.24, 2.45) is 0 Å². The Morgan fingerprint density at radius 3 is 2.58 bits per heavy atom. The van der Waals surface area contributed by atoms with Crippen LogP contribution in [-0.2, 0) is 0 Å². The molecule has 0 saturated carbocycles. The van der Waals surface area contributed by atoms with Crippen molar-refractivity contribution < 1.29 is 9.21 Å². The van der Waals surface area contributed by atoms with Gasteiger partial charge in [-0.25, -0.2) is 4.79 Å². The molecule has 0 radical (unpaired) electrons. The van der Waals surface area contributed by atoms with Gasteiger partial charge in [-0.05, 0) is 42.5 Å². The number of benzene rings is 1. The van der Waals surface area contributed by atoms with Gasteiger partial charge in [-0.1, -0.05) is 0 Å². The summed E-state index contributed by atoms with van der Waals surface area (Å²) >= 11 is 0. The first-order valence-electron chi connectivity index (χ1n) is 7.27. The molecule has 7 heteroatoms. The van der Waals surface area contributed by atoms with Crippen molar-refractivity contribution in [3.8, 4) is 11.5 Å². The van der Waals surface area contributed by atoms with Gasteiger partial charge in [0.05, 0.1) is 12.0 Å². The van der Waals surface area contributed by atoms with E-state index in [9.17, 15) is 9.59 Å². The van der Waals surface area contributed by atoms with Crippen LogP contribution in [0.1, 0.15) is 10.5 Å². The van der Waals surface area contributed by atoms with Crippen LogP contribution in [0, 0.1) is 0 Å². The molecule has 0 aliphatic heterocycles. The van der Waals surface area contributed by atoms with Crippen LogP contribution in [0.3, 0.4) is 0 Å². The summed E-state index contributed by atoms with van der Waals surface area (Å²) in [5, 5.41) is 2.72. The van der Waals surface area contributed by atoms with Crippen LogP contribution < -0.4 is 15.9 Å². The van der Waals surface area contributed by atoms with E-state index in [0.29, 0.717) is 17.1 Å². The average molecular weight is 324 g/mol. The predicted molar refractivity (Wildman–Crippen MR) is 91.3 cm³/mol. The number of carbonyl (C=O) groups is 1. The molecule has 0 fully saturated rings. The largest absolute Gasteiger partial charge is 0.463 e. The molecule has 7 nitrogen and oxygen atoms in total. The number of aromatic amines is 1. The van der Waals surface area contributed by atoms with Gasteiger partial charge in [0.25, 0.3) is 5.91 Å². The van der Waals surface area contributed by atoms with E-state index in [-0.39, 0.29) is 5.69 Å². The Kier molecular flexibility index (Phi) is 4.15. The molecule has 0 unspecified atom stereocenters. The SMILES string of the molecule is CN(C)c1ccc(NC(=O)c2cc(-c3ccco3)[nH]c(=O)n2)cc1. The Morgan fingerprint density at radius 2 is 1.96 bits per heavy atom. The van der Waals surface area contributed by atoms with Crippen molar-refractivity contribution >= 4 is 17.3 Å². The second kappa shape index (κ2) is 6.41. The lowest BCUT2D eigenvalue weighted by molar-refractivity contribution is 0.102. The van der Waals surface area contributed by atoms with Gasteiger partial charge in [0.15, 0.2) is 0 Å². The number of carbonyl (C=O) groups excluding carboxylic acids is 1. The topological polar surface area (TPSA) is 91.2 Å². The third kappa shape index (κ3) is 3.35. The lowest BCUT2D eigenvalue weighted by atomic mass is 10.2. The zero-order valence-corrected chi connectivity index (χ0v) is 13.2. The maximum Gasteiger partial charge on any atom is 0.346 e. The summed E-state index contributed by atoms with van der Waals surface area (Å²) in [6.45, 7) is 0. The van der Waals surface area contributed by atoms with E-state index in [1.165, 1.54) is 12.3 Å². The van der Waals surface area contributed by atoms with E-state index in [0.717, 1.165) is 5.69 Å². The van der Waals surface area contributed by atoms with Crippen molar-refractivity contribution in [2.45, 2.75) is 0 Å². The number of amides is 1. The van der Waals surface area contributed by atoms with E-state index >= 15 is 0 Å². The molecule has 3 rings (SSSR count). The summed E-state index contributed by atoms with van der Waals surface area (Å²) in [5.74, 6) is -0.00889. The van der Waals surface area contributed by atoms with E-state index < -0.39 is 11.6 Å². The van der Waals surface area contributed by atoms with Crippen molar-refractivity contribution in [3.05, 3.63) is 64.9 Å². The lowest BCUT2D eigenvalue weighted by Gasteiger charge is -2.13. The monoisotopic (exact) mass is 324 g/mol. The molecule has 0 aliphatic carbocycles. The highest BCUT2D eigenvalue weighted by Gasteiger charge is 2.12. The van der Waals surface area contributed by atoms with Crippen LogP contribution in [0.5, 0.6) is 0 Å². The minimum absolute atomic E-state index is 0.0156. The normalized spacial score (nSPS) is 10.4. The predicted octanol–water partition coefficient (Wildman–Crippen LogP) is 2.35. The third-order valence-electron chi connectivity index (χ3n) is 3.41. The summed E-state index contributed by atoms with van der Waals surface area (Å²) < 4.78 is 5.23. The molecule has 24 heavy (non-hydrogen) atoms. The number of H-pyrrole nitrogens is 1. The number of rotatable bonds is 4. The first-order chi connectivity index (χ1) is 11.5. The van der Waals surface area contributed by atoms with Gasteiger partial charge in [-0.15, -0.1) is 0 Å². The maximum absolute atomic E-state index is 12.3. The Balaban J connectivity index is 1.83. The Morgan fingerprint density at radius 1 is 1.21 bits per heavy atom. The van der Waals surface area contributed by atoms with E-state index in [1.54, 1.807) is 24.3 Å². The van der Waals surface area contributed by atoms with E-state index in [4.69, 9.17) is 4.42 Å². The molecular formula is C17H16N4O3. The highest BCUT2D eigenvalue weighted by Crippen LogP contribution is 2.18. The second-order valence-corrected chi connectivity index (χ2v) is 5.36. The second-order valence-electron chi connectivity index (χ2n) is 5.36. The third-order valence-corrected chi connectivity index (χ3v) is 3.41. The summed E-state index contributed by atoms with van der Waals surface area (Å²) in [6.07, 6.45) is 1.49. The zero-order valence-electron chi connectivity index (χ0n) is 13.2. The minimum atomic E-state index is -0.614. The van der Waals surface area contributed by atoms with Crippen LogP contribution in [-0.4, -0.2) is 30.0 Å². The summed E-state index contributed by atoms with van der Waals surface area (Å²) in [4.78, 5) is 32.2. The van der Waals surface area contributed by atoms with Crippen LogP contribution in [0.25, 0.3) is 11.5 Å². The van der Waals surface area contributed by atoms with Crippen molar-refractivity contribution in [2.75, 3.05) is 24.3 Å². The number of anilines is 2. The molecule has 0 saturated heterocycles. The molecule has 122 valence electrons. The van der Waals surface area contributed by atoms with Gasteiger partial charge in [0.2, 0.25) is 0 Å². The smallest absolute Gasteiger partial charge is 0.346 e. The van der Waals surface area contributed by atoms with E-state index in [1.807, 2.05) is 31.1 Å². The molecule has 1 aromatic carbocycles. The van der Waals surface area contributed by atoms with Crippen LogP contribution in [0.15, 0.2) is 57.9 Å². The summed E-state index contributed by atoms with van der Waals surface area (Å²) in [5.41, 5.74) is 1.43. The molecule has 0 bridgehead atoms. The number of hydrogen-bond acceptors (Lipinski definition) is 5. The van der Waals surface area contributed by atoms with Gasteiger partial charge in [0.1, 0.15) is 11.5 Å². The van der Waals surface area contributed by atoms with Crippen LogP contribution >= 0.6 is 0 Å². The molecule has 1 amide bonds. The van der Waals surface area contributed by atoms with Gasteiger partial charge >= 0.3 is 5.69 Å². The Hall–Kier alpha value is -3.35. The molecule has 0 atom stereocenters. The average Bonchev–Trinajstić information content (AvgIpc) is 3.09. The Bertz CT molecular complexity index is 896. The van der Waals surface area contributed by atoms with Crippen molar-refractivity contribution in [1.82, 2.24) is 9.97 Å². The standard InChI is InChI=1S/C17H16N4O3/c1-21(2)12-7-5-11(6-8-12)18-16(22)14-10-13(19-17(23)20-14)15-4-3-9-24-15/h3-10H,1-2H3,(H,18,22)(H,19,20,23). The van der Waals surface area contributed by atoms with Gasteiger partial charge in [-0.2, -0.15) is 4.98 Å².